The van der Waals surface area contributed by atoms with E-state index in [0.29, 0.717) is 19.6 Å². The molecule has 152 valence electrons. The summed E-state index contributed by atoms with van der Waals surface area (Å²) in [6.07, 6.45) is 0. The molecule has 0 fully saturated rings. The predicted octanol–water partition coefficient (Wildman–Crippen LogP) is 3.39. The first-order chi connectivity index (χ1) is 13.1. The van der Waals surface area contributed by atoms with Crippen LogP contribution in [0, 0.1) is 10.1 Å². The van der Waals surface area contributed by atoms with Crippen molar-refractivity contribution in [1.29, 1.82) is 0 Å². The Labute approximate surface area is 181 Å². The highest BCUT2D eigenvalue weighted by Gasteiger charge is 2.03. The number of methoxy groups -OCH3 is 1. The number of benzene rings is 2. The third kappa shape index (κ3) is 7.99. The average molecular weight is 499 g/mol. The van der Waals surface area contributed by atoms with Crippen LogP contribution in [-0.2, 0) is 6.54 Å². The smallest absolute Gasteiger partial charge is 0.269 e. The number of nitrogens with zero attached hydrogens (tertiary/aromatic N) is 2. The van der Waals surface area contributed by atoms with E-state index in [4.69, 9.17) is 4.74 Å². The van der Waals surface area contributed by atoms with Crippen LogP contribution in [0.3, 0.4) is 0 Å². The quantitative estimate of drug-likeness (QED) is 0.122. The van der Waals surface area contributed by atoms with Crippen molar-refractivity contribution in [2.75, 3.05) is 32.1 Å². The standard InChI is InChI=1S/C19H25N5O3.HI/c1-3-20-19(23-14-15-4-10-18(27-2)11-5-15)22-13-12-21-16-6-8-17(9-7-16)24(25)26;/h4-11,21H,3,12-14H2,1-2H3,(H2,20,22,23);1H. The van der Waals surface area contributed by atoms with Crippen LogP contribution < -0.4 is 20.7 Å². The SMILES string of the molecule is CCNC(=NCc1ccc(OC)cc1)NCCNc1ccc([N+](=O)[O-])cc1.I. The maximum atomic E-state index is 10.7. The van der Waals surface area contributed by atoms with E-state index in [9.17, 15) is 10.1 Å². The summed E-state index contributed by atoms with van der Waals surface area (Å²) in [7, 11) is 1.64. The molecule has 0 aliphatic rings. The van der Waals surface area contributed by atoms with Crippen LogP contribution in [0.2, 0.25) is 0 Å². The van der Waals surface area contributed by atoms with Crippen LogP contribution in [0.4, 0.5) is 11.4 Å². The monoisotopic (exact) mass is 499 g/mol. The fourth-order valence-electron chi connectivity index (χ4n) is 2.33. The fraction of sp³-hybridized carbons (Fsp3) is 0.316. The van der Waals surface area contributed by atoms with Crippen LogP contribution in [-0.4, -0.2) is 37.6 Å². The molecule has 28 heavy (non-hydrogen) atoms. The molecule has 0 heterocycles. The van der Waals surface area contributed by atoms with Gasteiger partial charge in [0, 0.05) is 37.5 Å². The largest absolute Gasteiger partial charge is 0.497 e. The first-order valence-electron chi connectivity index (χ1n) is 8.76. The lowest BCUT2D eigenvalue weighted by atomic mass is 10.2. The highest BCUT2D eigenvalue weighted by Crippen LogP contribution is 2.15. The number of hydrogen-bond donors (Lipinski definition) is 3. The van der Waals surface area contributed by atoms with E-state index in [1.165, 1.54) is 12.1 Å². The number of aliphatic imine (C=N–C) groups is 1. The van der Waals surface area contributed by atoms with Crippen molar-refractivity contribution < 1.29 is 9.66 Å². The molecule has 9 heteroatoms. The molecule has 0 atom stereocenters. The fourth-order valence-corrected chi connectivity index (χ4v) is 2.33. The third-order valence-corrected chi connectivity index (χ3v) is 3.75. The molecule has 0 aromatic heterocycles. The minimum Gasteiger partial charge on any atom is -0.497 e. The Morgan fingerprint density at radius 1 is 1.07 bits per heavy atom. The second-order valence-corrected chi connectivity index (χ2v) is 5.70. The summed E-state index contributed by atoms with van der Waals surface area (Å²) in [4.78, 5) is 14.8. The van der Waals surface area contributed by atoms with E-state index in [2.05, 4.69) is 20.9 Å². The number of halogens is 1. The zero-order chi connectivity index (χ0) is 19.5. The zero-order valence-electron chi connectivity index (χ0n) is 16.0. The van der Waals surface area contributed by atoms with Gasteiger partial charge in [0.25, 0.3) is 5.69 Å². The molecule has 0 spiro atoms. The van der Waals surface area contributed by atoms with Gasteiger partial charge < -0.3 is 20.7 Å². The molecule has 2 aromatic rings. The lowest BCUT2D eigenvalue weighted by Crippen LogP contribution is -2.39. The van der Waals surface area contributed by atoms with E-state index in [-0.39, 0.29) is 29.7 Å². The molecule has 2 aromatic carbocycles. The van der Waals surface area contributed by atoms with Gasteiger partial charge in [-0.2, -0.15) is 0 Å². The van der Waals surface area contributed by atoms with Gasteiger partial charge in [-0.1, -0.05) is 12.1 Å². The Hall–Kier alpha value is -2.56. The minimum atomic E-state index is -0.409. The molecule has 0 amide bonds. The van der Waals surface area contributed by atoms with Gasteiger partial charge in [0.05, 0.1) is 18.6 Å². The highest BCUT2D eigenvalue weighted by atomic mass is 127. The van der Waals surface area contributed by atoms with E-state index in [0.717, 1.165) is 29.5 Å². The van der Waals surface area contributed by atoms with Crippen LogP contribution in [0.1, 0.15) is 12.5 Å². The van der Waals surface area contributed by atoms with E-state index >= 15 is 0 Å². The molecule has 3 N–H and O–H groups in total. The van der Waals surface area contributed by atoms with Crippen molar-refractivity contribution in [3.63, 3.8) is 0 Å². The Morgan fingerprint density at radius 2 is 1.75 bits per heavy atom. The van der Waals surface area contributed by atoms with Gasteiger partial charge in [0.15, 0.2) is 5.96 Å². The number of anilines is 1. The molecule has 0 bridgehead atoms. The van der Waals surface area contributed by atoms with Crippen molar-refractivity contribution >= 4 is 41.3 Å². The molecule has 0 radical (unpaired) electrons. The Kier molecular flexibility index (Phi) is 10.7. The van der Waals surface area contributed by atoms with Crippen LogP contribution >= 0.6 is 24.0 Å². The second kappa shape index (κ2) is 12.8. The summed E-state index contributed by atoms with van der Waals surface area (Å²) in [5.41, 5.74) is 2.01. The van der Waals surface area contributed by atoms with Crippen molar-refractivity contribution in [2.45, 2.75) is 13.5 Å². The molecule has 8 nitrogen and oxygen atoms in total. The van der Waals surface area contributed by atoms with Gasteiger partial charge in [-0.25, -0.2) is 4.99 Å². The number of hydrogen-bond acceptors (Lipinski definition) is 5. The normalized spacial score (nSPS) is 10.6. The number of nitro benzene ring substituents is 1. The lowest BCUT2D eigenvalue weighted by Gasteiger charge is -2.12. The molecular formula is C19H26IN5O3. The predicted molar refractivity (Wildman–Crippen MR) is 123 cm³/mol. The first-order valence-corrected chi connectivity index (χ1v) is 8.76. The highest BCUT2D eigenvalue weighted by molar-refractivity contribution is 14.0. The summed E-state index contributed by atoms with van der Waals surface area (Å²) >= 11 is 0. The molecule has 0 aliphatic heterocycles. The summed E-state index contributed by atoms with van der Waals surface area (Å²) < 4.78 is 5.15. The van der Waals surface area contributed by atoms with E-state index in [1.807, 2.05) is 31.2 Å². The van der Waals surface area contributed by atoms with E-state index in [1.54, 1.807) is 19.2 Å². The summed E-state index contributed by atoms with van der Waals surface area (Å²) in [6.45, 7) is 4.66. The molecule has 0 unspecified atom stereocenters. The van der Waals surface area contributed by atoms with Crippen molar-refractivity contribution in [1.82, 2.24) is 10.6 Å². The molecule has 0 saturated carbocycles. The van der Waals surface area contributed by atoms with Gasteiger partial charge >= 0.3 is 0 Å². The number of non-ortho nitro benzene ring substituents is 1. The van der Waals surface area contributed by atoms with Gasteiger partial charge in [0.1, 0.15) is 5.75 Å². The number of nitro groups is 1. The number of nitrogens with one attached hydrogen (secondary N) is 3. The number of rotatable bonds is 9. The maximum absolute atomic E-state index is 10.7. The molecule has 2 rings (SSSR count). The Balaban J connectivity index is 0.00000392. The van der Waals surface area contributed by atoms with Crippen LogP contribution in [0.25, 0.3) is 0 Å². The lowest BCUT2D eigenvalue weighted by molar-refractivity contribution is -0.384. The first kappa shape index (κ1) is 23.5. The molecular weight excluding hydrogens is 473 g/mol. The van der Waals surface area contributed by atoms with Crippen LogP contribution in [0.5, 0.6) is 5.75 Å². The maximum Gasteiger partial charge on any atom is 0.269 e. The minimum absolute atomic E-state index is 0. The van der Waals surface area contributed by atoms with Crippen molar-refractivity contribution in [3.05, 3.63) is 64.2 Å². The van der Waals surface area contributed by atoms with Gasteiger partial charge in [-0.15, -0.1) is 24.0 Å². The van der Waals surface area contributed by atoms with Gasteiger partial charge in [-0.05, 0) is 36.8 Å². The van der Waals surface area contributed by atoms with Crippen LogP contribution in [0.15, 0.2) is 53.5 Å². The average Bonchev–Trinajstić information content (AvgIpc) is 2.70. The van der Waals surface area contributed by atoms with Crippen molar-refractivity contribution in [3.8, 4) is 5.75 Å². The van der Waals surface area contributed by atoms with Crippen molar-refractivity contribution in [2.24, 2.45) is 4.99 Å². The summed E-state index contributed by atoms with van der Waals surface area (Å²) in [6, 6.07) is 14.2. The molecule has 0 aliphatic carbocycles. The number of guanidine groups is 1. The topological polar surface area (TPSA) is 101 Å². The van der Waals surface area contributed by atoms with E-state index < -0.39 is 4.92 Å². The van der Waals surface area contributed by atoms with Gasteiger partial charge in [-0.3, -0.25) is 10.1 Å². The Bertz CT molecular complexity index is 751. The summed E-state index contributed by atoms with van der Waals surface area (Å²) in [5, 5.41) is 20.3. The molecule has 0 saturated heterocycles. The number of ether oxygens (including phenoxy) is 1. The zero-order valence-corrected chi connectivity index (χ0v) is 18.3. The third-order valence-electron chi connectivity index (χ3n) is 3.75. The summed E-state index contributed by atoms with van der Waals surface area (Å²) in [5.74, 6) is 1.56. The second-order valence-electron chi connectivity index (χ2n) is 5.70. The van der Waals surface area contributed by atoms with Gasteiger partial charge in [0.2, 0.25) is 0 Å². The Morgan fingerprint density at radius 3 is 2.32 bits per heavy atom.